The number of carbonyl (C=O) groups is 1. The van der Waals surface area contributed by atoms with Crippen LogP contribution in [0.1, 0.15) is 52.4 Å². The highest BCUT2D eigenvalue weighted by atomic mass is 16.2. The van der Waals surface area contributed by atoms with Crippen molar-refractivity contribution in [2.75, 3.05) is 0 Å². The van der Waals surface area contributed by atoms with E-state index in [0.29, 0.717) is 24.7 Å². The largest absolute Gasteiger partial charge is 0.338 e. The Morgan fingerprint density at radius 1 is 1.29 bits per heavy atom. The Bertz CT molecular complexity index is 329. The molecule has 0 aromatic rings. The third-order valence-electron chi connectivity index (χ3n) is 4.74. The molecule has 1 amide bonds. The van der Waals surface area contributed by atoms with Crippen molar-refractivity contribution in [1.29, 1.82) is 5.26 Å². The second-order valence-corrected chi connectivity index (χ2v) is 5.53. The Labute approximate surface area is 104 Å². The number of rotatable bonds is 4. The minimum Gasteiger partial charge on any atom is -0.338 e. The van der Waals surface area contributed by atoms with E-state index in [1.807, 2.05) is 13.8 Å². The van der Waals surface area contributed by atoms with E-state index >= 15 is 0 Å². The molecule has 2 rings (SSSR count). The van der Waals surface area contributed by atoms with Crippen LogP contribution in [0, 0.1) is 29.1 Å². The number of hydrogen-bond acceptors (Lipinski definition) is 2. The van der Waals surface area contributed by atoms with Crippen LogP contribution in [0.3, 0.4) is 0 Å². The average molecular weight is 234 g/mol. The molecule has 2 aliphatic rings. The van der Waals surface area contributed by atoms with Crippen molar-refractivity contribution < 1.29 is 4.79 Å². The normalized spacial score (nSPS) is 31.2. The van der Waals surface area contributed by atoms with Gasteiger partial charge in [0.2, 0.25) is 5.91 Å². The van der Waals surface area contributed by atoms with Crippen molar-refractivity contribution >= 4 is 5.91 Å². The summed E-state index contributed by atoms with van der Waals surface area (Å²) in [6.45, 7) is 3.93. The van der Waals surface area contributed by atoms with E-state index in [0.717, 1.165) is 0 Å². The molecule has 2 unspecified atom stereocenters. The molecule has 0 spiro atoms. The first-order valence-electron chi connectivity index (χ1n) is 6.90. The molecule has 0 bridgehead atoms. The van der Waals surface area contributed by atoms with Gasteiger partial charge in [-0.05, 0) is 37.5 Å². The van der Waals surface area contributed by atoms with Crippen LogP contribution in [0.2, 0.25) is 0 Å². The summed E-state index contributed by atoms with van der Waals surface area (Å²) in [5.74, 6) is 1.58. The Balaban J connectivity index is 1.96. The monoisotopic (exact) mass is 234 g/mol. The fourth-order valence-electron chi connectivity index (χ4n) is 3.31. The van der Waals surface area contributed by atoms with Crippen LogP contribution in [0.25, 0.3) is 0 Å². The van der Waals surface area contributed by atoms with Crippen LogP contribution in [0.5, 0.6) is 0 Å². The SMILES string of the molecule is CCC(C#N)(CC)NC(=O)C1C2CCCCC21. The minimum atomic E-state index is -0.636. The number of carbonyl (C=O) groups excluding carboxylic acids is 1. The number of amides is 1. The Kier molecular flexibility index (Phi) is 3.42. The van der Waals surface area contributed by atoms with Gasteiger partial charge < -0.3 is 5.32 Å². The van der Waals surface area contributed by atoms with Gasteiger partial charge in [-0.2, -0.15) is 5.26 Å². The third kappa shape index (κ3) is 2.18. The van der Waals surface area contributed by atoms with Gasteiger partial charge in [0.25, 0.3) is 0 Å². The standard InChI is InChI=1S/C14H22N2O/c1-3-14(4-2,9-15)16-13(17)12-10-7-5-6-8-11(10)12/h10-12H,3-8H2,1-2H3,(H,16,17). The molecule has 3 heteroatoms. The lowest BCUT2D eigenvalue weighted by Gasteiger charge is -2.25. The average Bonchev–Trinajstić information content (AvgIpc) is 3.10. The molecule has 1 N–H and O–H groups in total. The fraction of sp³-hybridized carbons (Fsp3) is 0.857. The quantitative estimate of drug-likeness (QED) is 0.813. The summed E-state index contributed by atoms with van der Waals surface area (Å²) in [6.07, 6.45) is 6.34. The summed E-state index contributed by atoms with van der Waals surface area (Å²) >= 11 is 0. The van der Waals surface area contributed by atoms with Crippen molar-refractivity contribution in [3.8, 4) is 6.07 Å². The molecule has 0 aromatic carbocycles. The molecule has 0 heterocycles. The first kappa shape index (κ1) is 12.4. The van der Waals surface area contributed by atoms with Crippen LogP contribution >= 0.6 is 0 Å². The molecule has 0 aliphatic heterocycles. The molecule has 2 saturated carbocycles. The summed E-state index contributed by atoms with van der Waals surface area (Å²) < 4.78 is 0. The summed E-state index contributed by atoms with van der Waals surface area (Å²) in [7, 11) is 0. The van der Waals surface area contributed by atoms with E-state index in [1.165, 1.54) is 25.7 Å². The fourth-order valence-corrected chi connectivity index (χ4v) is 3.31. The van der Waals surface area contributed by atoms with E-state index in [4.69, 9.17) is 0 Å². The topological polar surface area (TPSA) is 52.9 Å². The van der Waals surface area contributed by atoms with Crippen LogP contribution in [-0.2, 0) is 4.79 Å². The van der Waals surface area contributed by atoms with Crippen LogP contribution in [0.4, 0.5) is 0 Å². The van der Waals surface area contributed by atoms with Gasteiger partial charge in [0, 0.05) is 5.92 Å². The van der Waals surface area contributed by atoms with Gasteiger partial charge in [0.1, 0.15) is 5.54 Å². The van der Waals surface area contributed by atoms with Gasteiger partial charge >= 0.3 is 0 Å². The van der Waals surface area contributed by atoms with Crippen molar-refractivity contribution in [3.05, 3.63) is 0 Å². The van der Waals surface area contributed by atoms with Crippen LogP contribution < -0.4 is 5.32 Å². The summed E-state index contributed by atoms with van der Waals surface area (Å²) in [6, 6.07) is 2.28. The van der Waals surface area contributed by atoms with Gasteiger partial charge in [-0.3, -0.25) is 4.79 Å². The molecule has 17 heavy (non-hydrogen) atoms. The number of fused-ring (bicyclic) bond motifs is 1. The van der Waals surface area contributed by atoms with Crippen molar-refractivity contribution in [2.24, 2.45) is 17.8 Å². The number of nitrogens with one attached hydrogen (secondary N) is 1. The second kappa shape index (κ2) is 4.68. The Hall–Kier alpha value is -1.04. The first-order chi connectivity index (χ1) is 8.17. The first-order valence-corrected chi connectivity index (χ1v) is 6.90. The maximum atomic E-state index is 12.2. The zero-order chi connectivity index (χ0) is 12.5. The molecule has 0 aromatic heterocycles. The van der Waals surface area contributed by atoms with Crippen molar-refractivity contribution in [1.82, 2.24) is 5.32 Å². The lowest BCUT2D eigenvalue weighted by atomic mass is 9.94. The lowest BCUT2D eigenvalue weighted by Crippen LogP contribution is -2.47. The van der Waals surface area contributed by atoms with E-state index in [1.54, 1.807) is 0 Å². The van der Waals surface area contributed by atoms with Gasteiger partial charge in [0.15, 0.2) is 0 Å². The van der Waals surface area contributed by atoms with Gasteiger partial charge in [-0.15, -0.1) is 0 Å². The second-order valence-electron chi connectivity index (χ2n) is 5.53. The molecular weight excluding hydrogens is 212 g/mol. The molecular formula is C14H22N2O. The van der Waals surface area contributed by atoms with Crippen LogP contribution in [0.15, 0.2) is 0 Å². The highest BCUT2D eigenvalue weighted by Gasteiger charge is 2.55. The molecule has 2 fully saturated rings. The van der Waals surface area contributed by atoms with E-state index in [9.17, 15) is 10.1 Å². The molecule has 0 saturated heterocycles. The molecule has 94 valence electrons. The van der Waals surface area contributed by atoms with Crippen LogP contribution in [-0.4, -0.2) is 11.4 Å². The zero-order valence-corrected chi connectivity index (χ0v) is 10.8. The molecule has 3 nitrogen and oxygen atoms in total. The maximum Gasteiger partial charge on any atom is 0.224 e. The molecule has 2 atom stereocenters. The summed E-state index contributed by atoms with van der Waals surface area (Å²) in [5, 5.41) is 12.2. The zero-order valence-electron chi connectivity index (χ0n) is 10.8. The lowest BCUT2D eigenvalue weighted by molar-refractivity contribution is -0.124. The third-order valence-corrected chi connectivity index (χ3v) is 4.74. The van der Waals surface area contributed by atoms with E-state index in [-0.39, 0.29) is 11.8 Å². The summed E-state index contributed by atoms with van der Waals surface area (Å²) in [5.41, 5.74) is -0.636. The van der Waals surface area contributed by atoms with E-state index in [2.05, 4.69) is 11.4 Å². The molecule has 2 aliphatic carbocycles. The van der Waals surface area contributed by atoms with Crippen molar-refractivity contribution in [3.63, 3.8) is 0 Å². The smallest absolute Gasteiger partial charge is 0.224 e. The highest BCUT2D eigenvalue weighted by Crippen LogP contribution is 2.55. The Morgan fingerprint density at radius 3 is 2.24 bits per heavy atom. The summed E-state index contributed by atoms with van der Waals surface area (Å²) in [4.78, 5) is 12.2. The predicted molar refractivity (Wildman–Crippen MR) is 66.0 cm³/mol. The minimum absolute atomic E-state index is 0.132. The Morgan fingerprint density at radius 2 is 1.82 bits per heavy atom. The molecule has 0 radical (unpaired) electrons. The highest BCUT2D eigenvalue weighted by molar-refractivity contribution is 5.83. The van der Waals surface area contributed by atoms with Crippen molar-refractivity contribution in [2.45, 2.75) is 57.9 Å². The number of nitrogens with zero attached hydrogens (tertiary/aromatic N) is 1. The maximum absolute atomic E-state index is 12.2. The van der Waals surface area contributed by atoms with Gasteiger partial charge in [-0.1, -0.05) is 26.7 Å². The van der Waals surface area contributed by atoms with Gasteiger partial charge in [0.05, 0.1) is 6.07 Å². The predicted octanol–water partition coefficient (Wildman–Crippen LogP) is 2.62. The number of hydrogen-bond donors (Lipinski definition) is 1. The van der Waals surface area contributed by atoms with E-state index < -0.39 is 5.54 Å². The number of nitriles is 1. The van der Waals surface area contributed by atoms with Gasteiger partial charge in [-0.25, -0.2) is 0 Å².